The number of benzene rings is 1. The first-order chi connectivity index (χ1) is 13.2. The van der Waals surface area contributed by atoms with Crippen molar-refractivity contribution in [3.8, 4) is 0 Å². The number of amides is 1. The summed E-state index contributed by atoms with van der Waals surface area (Å²) in [5.41, 5.74) is 2.78. The average Bonchev–Trinajstić information content (AvgIpc) is 3.21. The van der Waals surface area contributed by atoms with Gasteiger partial charge in [0.1, 0.15) is 5.69 Å². The molecule has 0 bridgehead atoms. The van der Waals surface area contributed by atoms with Crippen LogP contribution in [0.3, 0.4) is 0 Å². The van der Waals surface area contributed by atoms with E-state index in [1.54, 1.807) is 10.7 Å². The molecule has 0 saturated carbocycles. The molecule has 5 nitrogen and oxygen atoms in total. The SMILES string of the molecule is O=C(c1cccc2ccnn12)N1CCC(C(O)CCc2ccccc2)CC1. The molecule has 27 heavy (non-hydrogen) atoms. The first kappa shape index (κ1) is 17.7. The maximum absolute atomic E-state index is 12.9. The minimum absolute atomic E-state index is 0.0153. The van der Waals surface area contributed by atoms with Crippen LogP contribution in [0.25, 0.3) is 5.52 Å². The molecule has 1 unspecified atom stereocenters. The van der Waals surface area contributed by atoms with E-state index in [-0.39, 0.29) is 17.9 Å². The van der Waals surface area contributed by atoms with E-state index in [0.29, 0.717) is 18.8 Å². The fourth-order valence-electron chi connectivity index (χ4n) is 3.96. The zero-order valence-corrected chi connectivity index (χ0v) is 15.4. The number of pyridine rings is 1. The zero-order valence-electron chi connectivity index (χ0n) is 15.4. The van der Waals surface area contributed by atoms with Gasteiger partial charge in [-0.1, -0.05) is 36.4 Å². The topological polar surface area (TPSA) is 57.8 Å². The van der Waals surface area contributed by atoms with Crippen LogP contribution < -0.4 is 0 Å². The Kier molecular flexibility index (Phi) is 5.21. The number of rotatable bonds is 5. The quantitative estimate of drug-likeness (QED) is 0.757. The van der Waals surface area contributed by atoms with Crippen LogP contribution in [-0.4, -0.2) is 44.7 Å². The van der Waals surface area contributed by atoms with Gasteiger partial charge in [-0.2, -0.15) is 5.10 Å². The van der Waals surface area contributed by atoms with Gasteiger partial charge >= 0.3 is 0 Å². The first-order valence-corrected chi connectivity index (χ1v) is 9.66. The maximum atomic E-state index is 12.9. The van der Waals surface area contributed by atoms with E-state index < -0.39 is 0 Å². The van der Waals surface area contributed by atoms with E-state index in [1.807, 2.05) is 47.4 Å². The number of hydrogen-bond acceptors (Lipinski definition) is 3. The lowest BCUT2D eigenvalue weighted by molar-refractivity contribution is 0.0432. The lowest BCUT2D eigenvalue weighted by Crippen LogP contribution is -2.42. The van der Waals surface area contributed by atoms with Gasteiger partial charge in [0.15, 0.2) is 0 Å². The monoisotopic (exact) mass is 363 g/mol. The summed E-state index contributed by atoms with van der Waals surface area (Å²) in [5.74, 6) is 0.278. The van der Waals surface area contributed by atoms with Gasteiger partial charge in [0, 0.05) is 13.1 Å². The Balaban J connectivity index is 1.33. The number of aryl methyl sites for hydroxylation is 1. The van der Waals surface area contributed by atoms with E-state index >= 15 is 0 Å². The second-order valence-corrected chi connectivity index (χ2v) is 7.30. The molecule has 5 heteroatoms. The zero-order chi connectivity index (χ0) is 18.6. The molecule has 1 fully saturated rings. The summed E-state index contributed by atoms with van der Waals surface area (Å²) in [7, 11) is 0. The van der Waals surface area contributed by atoms with E-state index in [9.17, 15) is 9.90 Å². The molecule has 1 aromatic carbocycles. The molecule has 1 aliphatic heterocycles. The van der Waals surface area contributed by atoms with Crippen LogP contribution in [0.2, 0.25) is 0 Å². The summed E-state index contributed by atoms with van der Waals surface area (Å²) >= 11 is 0. The molecule has 140 valence electrons. The lowest BCUT2D eigenvalue weighted by atomic mass is 9.88. The summed E-state index contributed by atoms with van der Waals surface area (Å²) in [6.45, 7) is 1.37. The Bertz CT molecular complexity index is 898. The highest BCUT2D eigenvalue weighted by Gasteiger charge is 2.28. The number of nitrogens with zero attached hydrogens (tertiary/aromatic N) is 3. The molecule has 0 aliphatic carbocycles. The van der Waals surface area contributed by atoms with E-state index in [0.717, 1.165) is 31.2 Å². The van der Waals surface area contributed by atoms with Gasteiger partial charge in [-0.25, -0.2) is 4.52 Å². The summed E-state index contributed by atoms with van der Waals surface area (Å²) in [6.07, 6.45) is 4.75. The minimum Gasteiger partial charge on any atom is -0.393 e. The summed E-state index contributed by atoms with van der Waals surface area (Å²) in [5, 5.41) is 14.8. The lowest BCUT2D eigenvalue weighted by Gasteiger charge is -2.34. The van der Waals surface area contributed by atoms with E-state index in [4.69, 9.17) is 0 Å². The Hall–Kier alpha value is -2.66. The fourth-order valence-corrected chi connectivity index (χ4v) is 3.96. The molecule has 3 aromatic rings. The van der Waals surface area contributed by atoms with Crippen LogP contribution in [-0.2, 0) is 6.42 Å². The number of carbonyl (C=O) groups is 1. The first-order valence-electron chi connectivity index (χ1n) is 9.66. The molecule has 4 rings (SSSR count). The molecular formula is C22H25N3O2. The van der Waals surface area contributed by atoms with Crippen LogP contribution in [0, 0.1) is 5.92 Å². The third-order valence-electron chi connectivity index (χ3n) is 5.58. The number of aliphatic hydroxyl groups is 1. The van der Waals surface area contributed by atoms with Crippen molar-refractivity contribution in [2.24, 2.45) is 5.92 Å². The number of fused-ring (bicyclic) bond motifs is 1. The van der Waals surface area contributed by atoms with Crippen molar-refractivity contribution in [3.63, 3.8) is 0 Å². The number of hydrogen-bond donors (Lipinski definition) is 1. The molecule has 1 N–H and O–H groups in total. The molecule has 1 aliphatic rings. The number of aromatic nitrogens is 2. The molecule has 0 radical (unpaired) electrons. The molecule has 3 heterocycles. The average molecular weight is 363 g/mol. The van der Waals surface area contributed by atoms with E-state index in [1.165, 1.54) is 5.56 Å². The molecule has 1 amide bonds. The normalized spacial score (nSPS) is 16.6. The van der Waals surface area contributed by atoms with Crippen LogP contribution in [0.5, 0.6) is 0 Å². The largest absolute Gasteiger partial charge is 0.393 e. The number of piperidine rings is 1. The summed E-state index contributed by atoms with van der Waals surface area (Å²) in [4.78, 5) is 14.8. The number of carbonyl (C=O) groups excluding carboxylic acids is 1. The van der Waals surface area contributed by atoms with Crippen LogP contribution >= 0.6 is 0 Å². The highest BCUT2D eigenvalue weighted by atomic mass is 16.3. The smallest absolute Gasteiger partial charge is 0.272 e. The van der Waals surface area contributed by atoms with Crippen molar-refractivity contribution < 1.29 is 9.90 Å². The molecular weight excluding hydrogens is 338 g/mol. The maximum Gasteiger partial charge on any atom is 0.272 e. The highest BCUT2D eigenvalue weighted by Crippen LogP contribution is 2.24. The number of aliphatic hydroxyl groups excluding tert-OH is 1. The standard InChI is InChI=1S/C22H25N3O2/c26-21(10-9-17-5-2-1-3-6-17)18-12-15-24(16-13-18)22(27)20-8-4-7-19-11-14-23-25(19)20/h1-8,11,14,18,21,26H,9-10,12-13,15-16H2. The van der Waals surface area contributed by atoms with Gasteiger partial charge in [0.2, 0.25) is 0 Å². The molecule has 1 saturated heterocycles. The van der Waals surface area contributed by atoms with E-state index in [2.05, 4.69) is 17.2 Å². The molecule has 0 spiro atoms. The van der Waals surface area contributed by atoms with Crippen molar-refractivity contribution in [1.29, 1.82) is 0 Å². The van der Waals surface area contributed by atoms with Crippen LogP contribution in [0.4, 0.5) is 0 Å². The Morgan fingerprint density at radius 2 is 1.85 bits per heavy atom. The fraction of sp³-hybridized carbons (Fsp3) is 0.364. The van der Waals surface area contributed by atoms with Gasteiger partial charge in [-0.05, 0) is 55.4 Å². The Labute approximate surface area is 159 Å². The van der Waals surface area contributed by atoms with Crippen LogP contribution in [0.1, 0.15) is 35.3 Å². The predicted octanol–water partition coefficient (Wildman–Crippen LogP) is 3.18. The highest BCUT2D eigenvalue weighted by molar-refractivity contribution is 5.93. The van der Waals surface area contributed by atoms with Crippen molar-refractivity contribution >= 4 is 11.4 Å². The molecule has 2 aromatic heterocycles. The predicted molar refractivity (Wildman–Crippen MR) is 105 cm³/mol. The minimum atomic E-state index is -0.308. The Morgan fingerprint density at radius 1 is 1.07 bits per heavy atom. The van der Waals surface area contributed by atoms with Gasteiger partial charge in [-0.3, -0.25) is 4.79 Å². The second-order valence-electron chi connectivity index (χ2n) is 7.30. The van der Waals surface area contributed by atoms with Crippen molar-refractivity contribution in [2.45, 2.75) is 31.8 Å². The third-order valence-corrected chi connectivity index (χ3v) is 5.58. The van der Waals surface area contributed by atoms with Crippen molar-refractivity contribution in [1.82, 2.24) is 14.5 Å². The van der Waals surface area contributed by atoms with Gasteiger partial charge in [-0.15, -0.1) is 0 Å². The van der Waals surface area contributed by atoms with Gasteiger partial charge < -0.3 is 10.0 Å². The van der Waals surface area contributed by atoms with Crippen LogP contribution in [0.15, 0.2) is 60.8 Å². The van der Waals surface area contributed by atoms with Gasteiger partial charge in [0.25, 0.3) is 5.91 Å². The molecule has 1 atom stereocenters. The second kappa shape index (κ2) is 7.92. The Morgan fingerprint density at radius 3 is 2.63 bits per heavy atom. The van der Waals surface area contributed by atoms with Gasteiger partial charge in [0.05, 0.1) is 17.8 Å². The summed E-state index contributed by atoms with van der Waals surface area (Å²) < 4.78 is 1.70. The van der Waals surface area contributed by atoms with Crippen molar-refractivity contribution in [2.75, 3.05) is 13.1 Å². The third kappa shape index (κ3) is 3.88. The van der Waals surface area contributed by atoms with Crippen molar-refractivity contribution in [3.05, 3.63) is 72.1 Å². The summed E-state index contributed by atoms with van der Waals surface area (Å²) in [6, 6.07) is 17.8. The number of likely N-dealkylation sites (tertiary alicyclic amines) is 1.